The summed E-state index contributed by atoms with van der Waals surface area (Å²) in [5, 5.41) is 6.28. The van der Waals surface area contributed by atoms with Crippen molar-refractivity contribution in [2.75, 3.05) is 10.6 Å². The molecule has 5 nitrogen and oxygen atoms in total. The van der Waals surface area contributed by atoms with Crippen LogP contribution in [0.3, 0.4) is 0 Å². The van der Waals surface area contributed by atoms with Crippen LogP contribution in [0.4, 0.5) is 11.4 Å². The van der Waals surface area contributed by atoms with Gasteiger partial charge < -0.3 is 15.5 Å². The molecule has 1 heterocycles. The highest BCUT2D eigenvalue weighted by Gasteiger charge is 2.32. The van der Waals surface area contributed by atoms with Gasteiger partial charge in [-0.1, -0.05) is 54.1 Å². The number of nitrogens with one attached hydrogen (secondary N) is 2. The molecule has 0 bridgehead atoms. The zero-order valence-corrected chi connectivity index (χ0v) is 16.5. The first-order valence-corrected chi connectivity index (χ1v) is 9.61. The van der Waals surface area contributed by atoms with Crippen LogP contribution >= 0.6 is 0 Å². The second-order valence-electron chi connectivity index (χ2n) is 7.31. The summed E-state index contributed by atoms with van der Waals surface area (Å²) in [5.41, 5.74) is 5.44. The Bertz CT molecular complexity index is 1040. The number of hydrogen-bond donors (Lipinski definition) is 2. The highest BCUT2D eigenvalue weighted by Crippen LogP contribution is 2.34. The van der Waals surface area contributed by atoms with Crippen LogP contribution in [0.5, 0.6) is 0 Å². The Labute approximate surface area is 170 Å². The zero-order valence-electron chi connectivity index (χ0n) is 16.5. The average molecular weight is 385 g/mol. The molecule has 0 saturated carbocycles. The molecule has 1 atom stereocenters. The first kappa shape index (κ1) is 18.7. The number of nitrogens with zero attached hydrogens (tertiary/aromatic N) is 1. The van der Waals surface area contributed by atoms with Crippen LogP contribution in [0.2, 0.25) is 0 Å². The molecule has 0 saturated heterocycles. The van der Waals surface area contributed by atoms with Crippen LogP contribution in [-0.4, -0.2) is 16.7 Å². The second kappa shape index (κ2) is 7.80. The fraction of sp³-hybridized carbons (Fsp3) is 0.167. The predicted octanol–water partition coefficient (Wildman–Crippen LogP) is 4.72. The van der Waals surface area contributed by atoms with Gasteiger partial charge in [0.1, 0.15) is 6.17 Å². The van der Waals surface area contributed by atoms with E-state index in [1.165, 1.54) is 12.5 Å². The zero-order chi connectivity index (χ0) is 20.4. The Kier molecular flexibility index (Phi) is 5.04. The molecule has 5 heteroatoms. The van der Waals surface area contributed by atoms with Crippen molar-refractivity contribution in [3.63, 3.8) is 0 Å². The Morgan fingerprint density at radius 2 is 1.69 bits per heavy atom. The Balaban J connectivity index is 1.69. The molecular formula is C24H23N3O2. The van der Waals surface area contributed by atoms with E-state index in [9.17, 15) is 9.59 Å². The van der Waals surface area contributed by atoms with E-state index in [0.29, 0.717) is 12.1 Å². The quantitative estimate of drug-likeness (QED) is 0.683. The molecule has 1 aliphatic rings. The van der Waals surface area contributed by atoms with Gasteiger partial charge in [-0.05, 0) is 42.3 Å². The lowest BCUT2D eigenvalue weighted by atomic mass is 10.0. The van der Waals surface area contributed by atoms with Crippen LogP contribution < -0.4 is 10.6 Å². The maximum absolute atomic E-state index is 13.3. The van der Waals surface area contributed by atoms with E-state index in [1.54, 1.807) is 0 Å². The van der Waals surface area contributed by atoms with Crippen molar-refractivity contribution in [1.29, 1.82) is 0 Å². The van der Waals surface area contributed by atoms with Gasteiger partial charge in [0.25, 0.3) is 5.91 Å². The number of para-hydroxylation sites is 1. The predicted molar refractivity (Wildman–Crippen MR) is 115 cm³/mol. The van der Waals surface area contributed by atoms with Gasteiger partial charge in [-0.25, -0.2) is 0 Å². The molecule has 1 aliphatic heterocycles. The van der Waals surface area contributed by atoms with Crippen molar-refractivity contribution in [1.82, 2.24) is 4.90 Å². The topological polar surface area (TPSA) is 61.4 Å². The van der Waals surface area contributed by atoms with Crippen molar-refractivity contribution in [3.8, 4) is 0 Å². The van der Waals surface area contributed by atoms with Crippen LogP contribution in [-0.2, 0) is 11.3 Å². The molecule has 0 spiro atoms. The third-order valence-corrected chi connectivity index (χ3v) is 5.04. The molecule has 29 heavy (non-hydrogen) atoms. The number of fused-ring (bicyclic) bond motifs is 1. The summed E-state index contributed by atoms with van der Waals surface area (Å²) in [6.07, 6.45) is -0.301. The summed E-state index contributed by atoms with van der Waals surface area (Å²) < 4.78 is 0. The molecule has 0 radical (unpaired) electrons. The van der Waals surface area contributed by atoms with Crippen LogP contribution in [0, 0.1) is 6.92 Å². The van der Waals surface area contributed by atoms with E-state index in [1.807, 2.05) is 60.4 Å². The smallest absolute Gasteiger partial charge is 0.258 e. The molecule has 0 fully saturated rings. The molecule has 0 unspecified atom stereocenters. The minimum atomic E-state index is -0.301. The molecule has 2 amide bonds. The van der Waals surface area contributed by atoms with Gasteiger partial charge in [-0.15, -0.1) is 0 Å². The summed E-state index contributed by atoms with van der Waals surface area (Å²) in [6.45, 7) is 4.03. The minimum Gasteiger partial charge on any atom is -0.361 e. The highest BCUT2D eigenvalue weighted by molar-refractivity contribution is 6.01. The maximum Gasteiger partial charge on any atom is 0.258 e. The Hall–Kier alpha value is -3.60. The van der Waals surface area contributed by atoms with E-state index >= 15 is 0 Å². The third-order valence-electron chi connectivity index (χ3n) is 5.04. The lowest BCUT2D eigenvalue weighted by molar-refractivity contribution is -0.114. The number of hydrogen-bond acceptors (Lipinski definition) is 3. The van der Waals surface area contributed by atoms with E-state index < -0.39 is 0 Å². The van der Waals surface area contributed by atoms with Gasteiger partial charge in [0.05, 0.1) is 5.56 Å². The standard InChI is InChI=1S/C24H23N3O2/c1-16-7-9-18(10-8-16)15-27-23(19-11-13-20(14-12-19)25-17(2)28)26-22-6-4-3-5-21(22)24(27)29/h3-14,23,26H,15H2,1-2H3,(H,25,28)/t23-/m1/s1. The van der Waals surface area contributed by atoms with Gasteiger partial charge in [-0.2, -0.15) is 0 Å². The van der Waals surface area contributed by atoms with Gasteiger partial charge in [0, 0.05) is 24.8 Å². The second-order valence-corrected chi connectivity index (χ2v) is 7.31. The molecule has 3 aromatic carbocycles. The number of rotatable bonds is 4. The first-order valence-electron chi connectivity index (χ1n) is 9.61. The lowest BCUT2D eigenvalue weighted by Gasteiger charge is -2.38. The first-order chi connectivity index (χ1) is 14.0. The van der Waals surface area contributed by atoms with E-state index in [0.717, 1.165) is 22.5 Å². The number of benzene rings is 3. The molecular weight excluding hydrogens is 362 g/mol. The normalized spacial score (nSPS) is 15.4. The van der Waals surface area contributed by atoms with Crippen LogP contribution in [0.15, 0.2) is 72.8 Å². The summed E-state index contributed by atoms with van der Waals surface area (Å²) in [4.78, 5) is 26.4. The summed E-state index contributed by atoms with van der Waals surface area (Å²) in [5.74, 6) is -0.116. The van der Waals surface area contributed by atoms with Gasteiger partial charge >= 0.3 is 0 Å². The van der Waals surface area contributed by atoms with Crippen molar-refractivity contribution in [3.05, 3.63) is 95.1 Å². The fourth-order valence-electron chi connectivity index (χ4n) is 3.56. The van der Waals surface area contributed by atoms with Crippen molar-refractivity contribution < 1.29 is 9.59 Å². The van der Waals surface area contributed by atoms with Gasteiger partial charge in [0.15, 0.2) is 0 Å². The summed E-state index contributed by atoms with van der Waals surface area (Å²) in [7, 11) is 0. The lowest BCUT2D eigenvalue weighted by Crippen LogP contribution is -2.42. The number of amides is 2. The van der Waals surface area contributed by atoms with Crippen molar-refractivity contribution >= 4 is 23.2 Å². The molecule has 146 valence electrons. The fourth-order valence-corrected chi connectivity index (χ4v) is 3.56. The monoisotopic (exact) mass is 385 g/mol. The SMILES string of the molecule is CC(=O)Nc1ccc([C@@H]2Nc3ccccc3C(=O)N2Cc2ccc(C)cc2)cc1. The van der Waals surface area contributed by atoms with Gasteiger partial charge in [0.2, 0.25) is 5.91 Å². The molecule has 3 aromatic rings. The highest BCUT2D eigenvalue weighted by atomic mass is 16.2. The number of aryl methyl sites for hydroxylation is 1. The summed E-state index contributed by atoms with van der Waals surface area (Å²) in [6, 6.07) is 23.4. The van der Waals surface area contributed by atoms with E-state index in [-0.39, 0.29) is 18.0 Å². The van der Waals surface area contributed by atoms with Crippen molar-refractivity contribution in [2.45, 2.75) is 26.6 Å². The van der Waals surface area contributed by atoms with Crippen LogP contribution in [0.25, 0.3) is 0 Å². The Morgan fingerprint density at radius 3 is 2.38 bits per heavy atom. The largest absolute Gasteiger partial charge is 0.361 e. The molecule has 0 aliphatic carbocycles. The van der Waals surface area contributed by atoms with E-state index in [2.05, 4.69) is 34.9 Å². The van der Waals surface area contributed by atoms with Crippen molar-refractivity contribution in [2.24, 2.45) is 0 Å². The minimum absolute atomic E-state index is 0.00383. The summed E-state index contributed by atoms with van der Waals surface area (Å²) >= 11 is 0. The number of anilines is 2. The van der Waals surface area contributed by atoms with Gasteiger partial charge in [-0.3, -0.25) is 9.59 Å². The number of carbonyl (C=O) groups excluding carboxylic acids is 2. The maximum atomic E-state index is 13.3. The average Bonchev–Trinajstić information content (AvgIpc) is 2.72. The van der Waals surface area contributed by atoms with E-state index in [4.69, 9.17) is 0 Å². The Morgan fingerprint density at radius 1 is 1.00 bits per heavy atom. The molecule has 4 rings (SSSR count). The van der Waals surface area contributed by atoms with Crippen LogP contribution in [0.1, 0.15) is 40.1 Å². The molecule has 0 aromatic heterocycles. The molecule has 2 N–H and O–H groups in total. The number of carbonyl (C=O) groups is 2. The third kappa shape index (κ3) is 3.99.